The fourth-order valence-electron chi connectivity index (χ4n) is 1.31. The molecule has 4 nitrogen and oxygen atoms in total. The summed E-state index contributed by atoms with van der Waals surface area (Å²) in [5.41, 5.74) is 0. The quantitative estimate of drug-likeness (QED) is 0.329. The lowest BCUT2D eigenvalue weighted by Crippen LogP contribution is -2.21. The van der Waals surface area contributed by atoms with E-state index in [0.29, 0.717) is 6.42 Å². The molecule has 0 unspecified atom stereocenters. The zero-order chi connectivity index (χ0) is 14.9. The van der Waals surface area contributed by atoms with E-state index in [-0.39, 0.29) is 18.5 Å². The van der Waals surface area contributed by atoms with Crippen LogP contribution >= 0.6 is 23.2 Å². The van der Waals surface area contributed by atoms with Gasteiger partial charge in [0.05, 0.1) is 18.5 Å². The Kier molecular flexibility index (Phi) is 9.62. The van der Waals surface area contributed by atoms with Crippen molar-refractivity contribution in [3.63, 3.8) is 0 Å². The average Bonchev–Trinajstić information content (AvgIpc) is 2.24. The zero-order valence-corrected chi connectivity index (χ0v) is 14.2. The highest BCUT2D eigenvalue weighted by Gasteiger charge is 2.21. The molecule has 7 heteroatoms. The SMILES string of the molecule is CC(C)OCCCCCCS(=O)(=O)OCC(C)(Cl)Cl. The van der Waals surface area contributed by atoms with E-state index in [9.17, 15) is 8.42 Å². The lowest BCUT2D eigenvalue weighted by atomic mass is 10.2. The highest BCUT2D eigenvalue weighted by atomic mass is 35.5. The number of unbranched alkanes of at least 4 members (excludes halogenated alkanes) is 3. The summed E-state index contributed by atoms with van der Waals surface area (Å²) in [6.07, 6.45) is 3.55. The van der Waals surface area contributed by atoms with Gasteiger partial charge in [-0.05, 0) is 33.6 Å². The Labute approximate surface area is 126 Å². The first-order valence-corrected chi connectivity index (χ1v) is 8.82. The van der Waals surface area contributed by atoms with Crippen molar-refractivity contribution in [2.24, 2.45) is 0 Å². The van der Waals surface area contributed by atoms with E-state index < -0.39 is 14.5 Å². The Hall–Kier alpha value is 0.450. The first kappa shape index (κ1) is 19.4. The molecular weight excluding hydrogens is 311 g/mol. The fourth-order valence-corrected chi connectivity index (χ4v) is 2.63. The summed E-state index contributed by atoms with van der Waals surface area (Å²) in [6, 6.07) is 0. The third-order valence-corrected chi connectivity index (χ3v) is 3.72. The highest BCUT2D eigenvalue weighted by molar-refractivity contribution is 7.86. The number of hydrogen-bond acceptors (Lipinski definition) is 4. The maximum atomic E-state index is 11.5. The van der Waals surface area contributed by atoms with Gasteiger partial charge in [-0.25, -0.2) is 0 Å². The van der Waals surface area contributed by atoms with Crippen LogP contribution in [0.4, 0.5) is 0 Å². The second kappa shape index (κ2) is 9.40. The summed E-state index contributed by atoms with van der Waals surface area (Å²) in [4.78, 5) is 0. The summed E-state index contributed by atoms with van der Waals surface area (Å²) >= 11 is 11.3. The molecule has 0 spiro atoms. The molecule has 19 heavy (non-hydrogen) atoms. The van der Waals surface area contributed by atoms with Crippen LogP contribution in [-0.4, -0.2) is 37.8 Å². The number of rotatable bonds is 11. The summed E-state index contributed by atoms with van der Waals surface area (Å²) in [6.45, 7) is 5.97. The van der Waals surface area contributed by atoms with Crippen LogP contribution in [0.25, 0.3) is 0 Å². The molecule has 0 saturated heterocycles. The van der Waals surface area contributed by atoms with Crippen molar-refractivity contribution in [2.75, 3.05) is 19.0 Å². The molecule has 0 radical (unpaired) electrons. The van der Waals surface area contributed by atoms with Crippen LogP contribution in [-0.2, 0) is 19.0 Å². The third kappa shape index (κ3) is 14.7. The number of hydrogen-bond donors (Lipinski definition) is 0. The summed E-state index contributed by atoms with van der Waals surface area (Å²) in [7, 11) is -3.52. The Morgan fingerprint density at radius 3 is 2.21 bits per heavy atom. The van der Waals surface area contributed by atoms with E-state index >= 15 is 0 Å². The van der Waals surface area contributed by atoms with Gasteiger partial charge in [0.15, 0.2) is 0 Å². The molecule has 0 rings (SSSR count). The van der Waals surface area contributed by atoms with Gasteiger partial charge in [-0.3, -0.25) is 4.18 Å². The normalized spacial score (nSPS) is 13.2. The standard InChI is InChI=1S/C12H24Cl2O4S/c1-11(2)17-8-6-4-5-7-9-19(15,16)18-10-12(3,13)14/h11H,4-10H2,1-3H3. The molecule has 0 aliphatic carbocycles. The zero-order valence-electron chi connectivity index (χ0n) is 11.8. The maximum Gasteiger partial charge on any atom is 0.267 e. The molecule has 0 bridgehead atoms. The van der Waals surface area contributed by atoms with Crippen LogP contribution in [0.5, 0.6) is 0 Å². The number of halogens is 2. The molecule has 0 aromatic rings. The molecule has 0 saturated carbocycles. The van der Waals surface area contributed by atoms with Crippen molar-refractivity contribution in [1.82, 2.24) is 0 Å². The van der Waals surface area contributed by atoms with E-state index in [1.165, 1.54) is 6.92 Å². The van der Waals surface area contributed by atoms with Gasteiger partial charge in [0.1, 0.15) is 4.33 Å². The molecule has 0 fully saturated rings. The van der Waals surface area contributed by atoms with Crippen molar-refractivity contribution >= 4 is 33.3 Å². The van der Waals surface area contributed by atoms with Crippen molar-refractivity contribution < 1.29 is 17.3 Å². The molecular formula is C12H24Cl2O4S. The van der Waals surface area contributed by atoms with Gasteiger partial charge in [-0.1, -0.05) is 36.0 Å². The Balaban J connectivity index is 3.59. The lowest BCUT2D eigenvalue weighted by molar-refractivity contribution is 0.0757. The largest absolute Gasteiger partial charge is 0.379 e. The first-order chi connectivity index (χ1) is 8.62. The van der Waals surface area contributed by atoms with E-state index in [1.54, 1.807) is 0 Å². The molecule has 0 aliphatic rings. The van der Waals surface area contributed by atoms with Gasteiger partial charge >= 0.3 is 0 Å². The van der Waals surface area contributed by atoms with E-state index in [0.717, 1.165) is 25.9 Å². The molecule has 0 N–H and O–H groups in total. The minimum atomic E-state index is -3.52. The van der Waals surface area contributed by atoms with Crippen LogP contribution in [0.2, 0.25) is 0 Å². The topological polar surface area (TPSA) is 52.6 Å². The summed E-state index contributed by atoms with van der Waals surface area (Å²) in [5.74, 6) is 0.00188. The molecule has 0 atom stereocenters. The smallest absolute Gasteiger partial charge is 0.267 e. The average molecular weight is 335 g/mol. The van der Waals surface area contributed by atoms with Crippen molar-refractivity contribution in [1.29, 1.82) is 0 Å². The third-order valence-electron chi connectivity index (χ3n) is 2.23. The second-order valence-corrected chi connectivity index (χ2v) is 8.55. The van der Waals surface area contributed by atoms with Gasteiger partial charge in [0.25, 0.3) is 10.1 Å². The van der Waals surface area contributed by atoms with E-state index in [1.807, 2.05) is 13.8 Å². The second-order valence-electron chi connectivity index (χ2n) is 4.93. The van der Waals surface area contributed by atoms with Crippen LogP contribution in [0.3, 0.4) is 0 Å². The minimum absolute atomic E-state index is 0.00188. The summed E-state index contributed by atoms with van der Waals surface area (Å²) in [5, 5.41) is 0. The van der Waals surface area contributed by atoms with E-state index in [4.69, 9.17) is 32.1 Å². The van der Waals surface area contributed by atoms with Gasteiger partial charge < -0.3 is 4.74 Å². The Morgan fingerprint density at radius 2 is 1.68 bits per heavy atom. The van der Waals surface area contributed by atoms with E-state index in [2.05, 4.69) is 0 Å². The van der Waals surface area contributed by atoms with Crippen LogP contribution < -0.4 is 0 Å². The van der Waals surface area contributed by atoms with Gasteiger partial charge in [0, 0.05) is 6.61 Å². The molecule has 0 heterocycles. The number of alkyl halides is 2. The van der Waals surface area contributed by atoms with Gasteiger partial charge in [0.2, 0.25) is 0 Å². The van der Waals surface area contributed by atoms with Crippen molar-refractivity contribution in [3.05, 3.63) is 0 Å². The molecule has 116 valence electrons. The van der Waals surface area contributed by atoms with Crippen LogP contribution in [0, 0.1) is 0 Å². The van der Waals surface area contributed by atoms with Crippen molar-refractivity contribution in [3.8, 4) is 0 Å². The highest BCUT2D eigenvalue weighted by Crippen LogP contribution is 2.20. The van der Waals surface area contributed by atoms with Crippen LogP contribution in [0.15, 0.2) is 0 Å². The van der Waals surface area contributed by atoms with Crippen LogP contribution in [0.1, 0.15) is 46.5 Å². The number of ether oxygens (including phenoxy) is 1. The van der Waals surface area contributed by atoms with Gasteiger partial charge in [-0.15, -0.1) is 0 Å². The molecule has 0 aromatic heterocycles. The predicted molar refractivity (Wildman–Crippen MR) is 79.4 cm³/mol. The monoisotopic (exact) mass is 334 g/mol. The van der Waals surface area contributed by atoms with Crippen molar-refractivity contribution in [2.45, 2.75) is 56.9 Å². The maximum absolute atomic E-state index is 11.5. The lowest BCUT2D eigenvalue weighted by Gasteiger charge is -2.13. The summed E-state index contributed by atoms with van der Waals surface area (Å²) < 4.78 is 31.9. The Morgan fingerprint density at radius 1 is 1.11 bits per heavy atom. The molecule has 0 amide bonds. The Bertz CT molecular complexity index is 323. The molecule has 0 aliphatic heterocycles. The molecule has 0 aromatic carbocycles. The fraction of sp³-hybridized carbons (Fsp3) is 1.00. The minimum Gasteiger partial charge on any atom is -0.379 e. The van der Waals surface area contributed by atoms with Gasteiger partial charge in [-0.2, -0.15) is 8.42 Å². The predicted octanol–water partition coefficient (Wildman–Crippen LogP) is 3.51. The first-order valence-electron chi connectivity index (χ1n) is 6.49.